The van der Waals surface area contributed by atoms with Crippen LogP contribution in [0.3, 0.4) is 0 Å². The van der Waals surface area contributed by atoms with E-state index < -0.39 is 17.5 Å². The summed E-state index contributed by atoms with van der Waals surface area (Å²) in [5.74, 6) is -2.10. The van der Waals surface area contributed by atoms with Crippen molar-refractivity contribution in [3.63, 3.8) is 0 Å². The molecule has 0 radical (unpaired) electrons. The third-order valence-electron chi connectivity index (χ3n) is 3.49. The lowest BCUT2D eigenvalue weighted by Crippen LogP contribution is -2.26. The number of carbonyl (C=O) groups excluding carboxylic acids is 1. The van der Waals surface area contributed by atoms with Crippen LogP contribution < -0.4 is 5.32 Å². The summed E-state index contributed by atoms with van der Waals surface area (Å²) in [4.78, 5) is 15.0. The minimum absolute atomic E-state index is 0.150. The van der Waals surface area contributed by atoms with Crippen molar-refractivity contribution in [2.75, 3.05) is 6.54 Å². The number of halogens is 2. The normalized spacial score (nSPS) is 10.8. The van der Waals surface area contributed by atoms with Gasteiger partial charge in [0.15, 0.2) is 0 Å². The van der Waals surface area contributed by atoms with E-state index in [-0.39, 0.29) is 5.56 Å². The first-order valence-electron chi connectivity index (χ1n) is 6.93. The number of rotatable bonds is 4. The summed E-state index contributed by atoms with van der Waals surface area (Å²) >= 11 is 0. The number of benzene rings is 2. The molecule has 0 saturated carbocycles. The van der Waals surface area contributed by atoms with Crippen LogP contribution in [0.15, 0.2) is 48.7 Å². The van der Waals surface area contributed by atoms with Crippen LogP contribution in [-0.4, -0.2) is 17.4 Å². The molecule has 0 bridgehead atoms. The largest absolute Gasteiger partial charge is 0.361 e. The van der Waals surface area contributed by atoms with Gasteiger partial charge in [0.2, 0.25) is 0 Å². The number of fused-ring (bicyclic) bond motifs is 1. The predicted molar refractivity (Wildman–Crippen MR) is 80.7 cm³/mol. The van der Waals surface area contributed by atoms with Gasteiger partial charge in [0.05, 0.1) is 5.56 Å². The lowest BCUT2D eigenvalue weighted by molar-refractivity contribution is 0.0950. The molecule has 0 unspecified atom stereocenters. The van der Waals surface area contributed by atoms with E-state index in [2.05, 4.69) is 10.3 Å². The average molecular weight is 300 g/mol. The lowest BCUT2D eigenvalue weighted by atomic mass is 10.1. The molecule has 1 amide bonds. The Hall–Kier alpha value is -2.69. The van der Waals surface area contributed by atoms with Crippen LogP contribution >= 0.6 is 0 Å². The van der Waals surface area contributed by atoms with Crippen LogP contribution in [0.1, 0.15) is 15.9 Å². The summed E-state index contributed by atoms with van der Waals surface area (Å²) in [7, 11) is 0. The number of nitrogens with one attached hydrogen (secondary N) is 2. The predicted octanol–water partition coefficient (Wildman–Crippen LogP) is 3.42. The Labute approximate surface area is 126 Å². The quantitative estimate of drug-likeness (QED) is 0.762. The van der Waals surface area contributed by atoms with Gasteiger partial charge in [-0.05, 0) is 47.7 Å². The van der Waals surface area contributed by atoms with Crippen molar-refractivity contribution in [2.45, 2.75) is 6.42 Å². The molecule has 22 heavy (non-hydrogen) atoms. The number of aromatic amines is 1. The van der Waals surface area contributed by atoms with Gasteiger partial charge in [-0.15, -0.1) is 0 Å². The van der Waals surface area contributed by atoms with E-state index in [4.69, 9.17) is 0 Å². The van der Waals surface area contributed by atoms with Crippen molar-refractivity contribution in [1.29, 1.82) is 0 Å². The summed E-state index contributed by atoms with van der Waals surface area (Å²) in [5, 5.41) is 3.75. The fraction of sp³-hybridized carbons (Fsp3) is 0.118. The molecule has 112 valence electrons. The second kappa shape index (κ2) is 5.97. The van der Waals surface area contributed by atoms with Gasteiger partial charge in [-0.1, -0.05) is 6.07 Å². The second-order valence-electron chi connectivity index (χ2n) is 5.03. The molecule has 0 aliphatic heterocycles. The van der Waals surface area contributed by atoms with Gasteiger partial charge >= 0.3 is 0 Å². The third-order valence-corrected chi connectivity index (χ3v) is 3.49. The minimum Gasteiger partial charge on any atom is -0.361 e. The SMILES string of the molecule is O=C(NCCc1ccc2[nH]ccc2c1)c1ccc(F)cc1F. The molecular weight excluding hydrogens is 286 g/mol. The van der Waals surface area contributed by atoms with Crippen molar-refractivity contribution in [1.82, 2.24) is 10.3 Å². The monoisotopic (exact) mass is 300 g/mol. The molecule has 1 heterocycles. The molecular formula is C17H14F2N2O. The number of hydrogen-bond donors (Lipinski definition) is 2. The minimum atomic E-state index is -0.855. The highest BCUT2D eigenvalue weighted by molar-refractivity contribution is 5.94. The van der Waals surface area contributed by atoms with Crippen molar-refractivity contribution in [2.24, 2.45) is 0 Å². The van der Waals surface area contributed by atoms with Gasteiger partial charge < -0.3 is 10.3 Å². The molecule has 3 aromatic rings. The highest BCUT2D eigenvalue weighted by Gasteiger charge is 2.11. The van der Waals surface area contributed by atoms with Crippen molar-refractivity contribution >= 4 is 16.8 Å². The first kappa shape index (κ1) is 14.3. The number of aromatic nitrogens is 1. The van der Waals surface area contributed by atoms with Gasteiger partial charge in [0.1, 0.15) is 11.6 Å². The summed E-state index contributed by atoms with van der Waals surface area (Å²) in [6, 6.07) is 10.9. The zero-order chi connectivity index (χ0) is 15.5. The lowest BCUT2D eigenvalue weighted by Gasteiger charge is -2.06. The van der Waals surface area contributed by atoms with Crippen LogP contribution in [0.25, 0.3) is 10.9 Å². The highest BCUT2D eigenvalue weighted by atomic mass is 19.1. The van der Waals surface area contributed by atoms with Crippen molar-refractivity contribution in [3.05, 3.63) is 71.4 Å². The molecule has 2 N–H and O–H groups in total. The van der Waals surface area contributed by atoms with E-state index in [9.17, 15) is 13.6 Å². The molecule has 3 nitrogen and oxygen atoms in total. The van der Waals surface area contributed by atoms with Gasteiger partial charge in [-0.25, -0.2) is 8.78 Å². The first-order valence-corrected chi connectivity index (χ1v) is 6.93. The molecule has 0 aliphatic carbocycles. The summed E-state index contributed by atoms with van der Waals surface area (Å²) in [6.07, 6.45) is 2.50. The van der Waals surface area contributed by atoms with Crippen molar-refractivity contribution < 1.29 is 13.6 Å². The van der Waals surface area contributed by atoms with E-state index in [1.807, 2.05) is 30.5 Å². The molecule has 3 rings (SSSR count). The fourth-order valence-corrected chi connectivity index (χ4v) is 2.35. The molecule has 2 aromatic carbocycles. The van der Waals surface area contributed by atoms with E-state index in [0.29, 0.717) is 19.0 Å². The zero-order valence-electron chi connectivity index (χ0n) is 11.7. The zero-order valence-corrected chi connectivity index (χ0v) is 11.7. The van der Waals surface area contributed by atoms with Crippen LogP contribution in [-0.2, 0) is 6.42 Å². The Morgan fingerprint density at radius 3 is 2.77 bits per heavy atom. The van der Waals surface area contributed by atoms with Crippen LogP contribution in [0, 0.1) is 11.6 Å². The second-order valence-corrected chi connectivity index (χ2v) is 5.03. The number of carbonyl (C=O) groups is 1. The molecule has 0 fully saturated rings. The summed E-state index contributed by atoms with van der Waals surface area (Å²) in [5.41, 5.74) is 1.98. The van der Waals surface area contributed by atoms with Crippen molar-refractivity contribution in [3.8, 4) is 0 Å². The smallest absolute Gasteiger partial charge is 0.254 e. The number of hydrogen-bond acceptors (Lipinski definition) is 1. The average Bonchev–Trinajstić information content (AvgIpc) is 2.94. The molecule has 0 aliphatic rings. The molecule has 5 heteroatoms. The number of H-pyrrole nitrogens is 1. The van der Waals surface area contributed by atoms with Crippen LogP contribution in [0.4, 0.5) is 8.78 Å². The fourth-order valence-electron chi connectivity index (χ4n) is 2.35. The maximum atomic E-state index is 13.5. The van der Waals surface area contributed by atoms with Gasteiger partial charge in [0, 0.05) is 24.3 Å². The Morgan fingerprint density at radius 2 is 1.95 bits per heavy atom. The summed E-state index contributed by atoms with van der Waals surface area (Å²) in [6.45, 7) is 0.381. The van der Waals surface area contributed by atoms with Crippen LogP contribution in [0.2, 0.25) is 0 Å². The Bertz CT molecular complexity index is 826. The van der Waals surface area contributed by atoms with Gasteiger partial charge in [0.25, 0.3) is 5.91 Å². The first-order chi connectivity index (χ1) is 10.6. The number of amides is 1. The standard InChI is InChI=1S/C17H14F2N2O/c18-13-2-3-14(15(19)10-13)17(22)21-7-5-11-1-4-16-12(9-11)6-8-20-16/h1-4,6,8-10,20H,5,7H2,(H,21,22). The molecule has 1 aromatic heterocycles. The van der Waals surface area contributed by atoms with Gasteiger partial charge in [-0.3, -0.25) is 4.79 Å². The molecule has 0 saturated heterocycles. The van der Waals surface area contributed by atoms with E-state index in [1.54, 1.807) is 0 Å². The topological polar surface area (TPSA) is 44.9 Å². The Morgan fingerprint density at radius 1 is 1.09 bits per heavy atom. The van der Waals surface area contributed by atoms with E-state index in [0.717, 1.165) is 28.6 Å². The third kappa shape index (κ3) is 2.98. The Kier molecular flexibility index (Phi) is 3.87. The Balaban J connectivity index is 1.61. The molecule has 0 atom stereocenters. The van der Waals surface area contributed by atoms with E-state index >= 15 is 0 Å². The maximum absolute atomic E-state index is 13.5. The van der Waals surface area contributed by atoms with E-state index in [1.165, 1.54) is 0 Å². The van der Waals surface area contributed by atoms with Crippen LogP contribution in [0.5, 0.6) is 0 Å². The summed E-state index contributed by atoms with van der Waals surface area (Å²) < 4.78 is 26.3. The molecule has 0 spiro atoms. The maximum Gasteiger partial charge on any atom is 0.254 e. The highest BCUT2D eigenvalue weighted by Crippen LogP contribution is 2.14. The van der Waals surface area contributed by atoms with Gasteiger partial charge in [-0.2, -0.15) is 0 Å².